The molecule has 0 saturated heterocycles. The van der Waals surface area contributed by atoms with Gasteiger partial charge in [-0.3, -0.25) is 0 Å². The van der Waals surface area contributed by atoms with Gasteiger partial charge in [0.05, 0.1) is 0 Å². The summed E-state index contributed by atoms with van der Waals surface area (Å²) in [6.07, 6.45) is 14.8. The first-order chi connectivity index (χ1) is 12.2. The second kappa shape index (κ2) is 9.15. The SMILES string of the molecule is CCC(C)(C)CCCCc1cc(O)c(O)cc1CCCCCC1(C)CC1. The Morgan fingerprint density at radius 2 is 1.42 bits per heavy atom. The molecular weight excluding hydrogens is 320 g/mol. The van der Waals surface area contributed by atoms with Crippen LogP contribution < -0.4 is 0 Å². The molecule has 2 nitrogen and oxygen atoms in total. The molecule has 0 aromatic heterocycles. The third kappa shape index (κ3) is 6.85. The van der Waals surface area contributed by atoms with Gasteiger partial charge in [-0.2, -0.15) is 0 Å². The van der Waals surface area contributed by atoms with E-state index in [1.54, 1.807) is 12.1 Å². The van der Waals surface area contributed by atoms with Crippen LogP contribution >= 0.6 is 0 Å². The second-order valence-electron chi connectivity index (χ2n) is 9.71. The van der Waals surface area contributed by atoms with Crippen LogP contribution in [-0.2, 0) is 12.8 Å². The second-order valence-corrected chi connectivity index (χ2v) is 9.71. The van der Waals surface area contributed by atoms with E-state index in [0.717, 1.165) is 19.3 Å². The predicted octanol–water partition coefficient (Wildman–Crippen LogP) is 7.15. The Kier molecular flexibility index (Phi) is 7.43. The Hall–Kier alpha value is -1.18. The molecule has 0 atom stereocenters. The zero-order valence-electron chi connectivity index (χ0n) is 17.5. The largest absolute Gasteiger partial charge is 0.504 e. The smallest absolute Gasteiger partial charge is 0.157 e. The van der Waals surface area contributed by atoms with Crippen molar-refractivity contribution in [1.82, 2.24) is 0 Å². The minimum atomic E-state index is 0.0271. The predicted molar refractivity (Wildman–Crippen MR) is 111 cm³/mol. The van der Waals surface area contributed by atoms with Crippen molar-refractivity contribution in [3.05, 3.63) is 23.3 Å². The zero-order chi connectivity index (χ0) is 19.2. The molecule has 2 N–H and O–H groups in total. The zero-order valence-corrected chi connectivity index (χ0v) is 17.5. The maximum absolute atomic E-state index is 9.90. The standard InChI is InChI=1S/C24H40O2/c1-5-23(2,3)13-10-8-12-20-18-22(26)21(25)17-19(20)11-7-6-9-14-24(4)15-16-24/h17-18,25-26H,5-16H2,1-4H3. The van der Waals surface area contributed by atoms with Gasteiger partial charge in [0.1, 0.15) is 0 Å². The third-order valence-corrected chi connectivity index (χ3v) is 6.63. The normalized spacial score (nSPS) is 16.0. The van der Waals surface area contributed by atoms with Crippen molar-refractivity contribution in [3.8, 4) is 11.5 Å². The van der Waals surface area contributed by atoms with Crippen LogP contribution in [0.5, 0.6) is 11.5 Å². The average molecular weight is 361 g/mol. The highest BCUT2D eigenvalue weighted by Gasteiger charge is 2.35. The number of phenolic OH excluding ortho intramolecular Hbond substituents is 2. The summed E-state index contributed by atoms with van der Waals surface area (Å²) in [6.45, 7) is 9.35. The first kappa shape index (κ1) is 21.1. The number of hydrogen-bond acceptors (Lipinski definition) is 2. The first-order valence-electron chi connectivity index (χ1n) is 10.8. The van der Waals surface area contributed by atoms with Gasteiger partial charge >= 0.3 is 0 Å². The van der Waals surface area contributed by atoms with Gasteiger partial charge in [0, 0.05) is 0 Å². The molecule has 0 bridgehead atoms. The summed E-state index contributed by atoms with van der Waals surface area (Å²) in [6, 6.07) is 3.59. The minimum Gasteiger partial charge on any atom is -0.504 e. The number of aryl methyl sites for hydroxylation is 2. The molecule has 1 aromatic rings. The maximum Gasteiger partial charge on any atom is 0.157 e. The average Bonchev–Trinajstić information content (AvgIpc) is 3.32. The fraction of sp³-hybridized carbons (Fsp3) is 0.750. The van der Waals surface area contributed by atoms with Crippen LogP contribution in [0.4, 0.5) is 0 Å². The van der Waals surface area contributed by atoms with E-state index in [9.17, 15) is 10.2 Å². The van der Waals surface area contributed by atoms with Crippen LogP contribution in [0.25, 0.3) is 0 Å². The Labute approximate surface area is 161 Å². The van der Waals surface area contributed by atoms with E-state index in [2.05, 4.69) is 27.7 Å². The lowest BCUT2D eigenvalue weighted by atomic mass is 9.84. The fourth-order valence-corrected chi connectivity index (χ4v) is 3.73. The lowest BCUT2D eigenvalue weighted by Gasteiger charge is -2.22. The van der Waals surface area contributed by atoms with E-state index >= 15 is 0 Å². The lowest BCUT2D eigenvalue weighted by Crippen LogP contribution is -2.09. The molecule has 0 radical (unpaired) electrons. The molecular formula is C24H40O2. The van der Waals surface area contributed by atoms with Crippen LogP contribution in [0.3, 0.4) is 0 Å². The lowest BCUT2D eigenvalue weighted by molar-refractivity contribution is 0.309. The van der Waals surface area contributed by atoms with Crippen LogP contribution in [0, 0.1) is 10.8 Å². The van der Waals surface area contributed by atoms with E-state index in [-0.39, 0.29) is 11.5 Å². The van der Waals surface area contributed by atoms with Gasteiger partial charge < -0.3 is 10.2 Å². The number of phenols is 2. The molecule has 1 aliphatic rings. The van der Waals surface area contributed by atoms with Crippen molar-refractivity contribution in [2.45, 2.75) is 105 Å². The quantitative estimate of drug-likeness (QED) is 0.307. The van der Waals surface area contributed by atoms with Crippen LogP contribution in [0.2, 0.25) is 0 Å². The van der Waals surface area contributed by atoms with Crippen LogP contribution in [0.15, 0.2) is 12.1 Å². The molecule has 0 amide bonds. The molecule has 148 valence electrons. The van der Waals surface area contributed by atoms with Crippen molar-refractivity contribution in [1.29, 1.82) is 0 Å². The summed E-state index contributed by atoms with van der Waals surface area (Å²) in [5.41, 5.74) is 3.54. The van der Waals surface area contributed by atoms with E-state index in [0.29, 0.717) is 10.8 Å². The highest BCUT2D eigenvalue weighted by molar-refractivity contribution is 5.45. The van der Waals surface area contributed by atoms with E-state index in [4.69, 9.17) is 0 Å². The van der Waals surface area contributed by atoms with Gasteiger partial charge in [0.15, 0.2) is 11.5 Å². The van der Waals surface area contributed by atoms with Crippen LogP contribution in [-0.4, -0.2) is 10.2 Å². The van der Waals surface area contributed by atoms with Crippen molar-refractivity contribution in [2.24, 2.45) is 10.8 Å². The van der Waals surface area contributed by atoms with Gasteiger partial charge in [0.2, 0.25) is 0 Å². The molecule has 1 aromatic carbocycles. The molecule has 2 heteroatoms. The van der Waals surface area contributed by atoms with Gasteiger partial charge in [-0.05, 0) is 85.5 Å². The van der Waals surface area contributed by atoms with E-state index in [1.807, 2.05) is 0 Å². The Balaban J connectivity index is 1.81. The number of unbranched alkanes of at least 4 members (excludes halogenated alkanes) is 3. The van der Waals surface area contributed by atoms with Crippen molar-refractivity contribution in [3.63, 3.8) is 0 Å². The molecule has 2 rings (SSSR count). The Bertz CT molecular complexity index is 570. The number of aromatic hydroxyl groups is 2. The van der Waals surface area contributed by atoms with Gasteiger partial charge in [0.25, 0.3) is 0 Å². The number of hydrogen-bond donors (Lipinski definition) is 2. The Morgan fingerprint density at radius 3 is 1.92 bits per heavy atom. The Morgan fingerprint density at radius 1 is 0.885 bits per heavy atom. The molecule has 0 aliphatic heterocycles. The van der Waals surface area contributed by atoms with E-state index < -0.39 is 0 Å². The summed E-state index contributed by atoms with van der Waals surface area (Å²) < 4.78 is 0. The molecule has 1 aliphatic carbocycles. The molecule has 26 heavy (non-hydrogen) atoms. The van der Waals surface area contributed by atoms with Crippen molar-refractivity contribution in [2.75, 3.05) is 0 Å². The third-order valence-electron chi connectivity index (χ3n) is 6.63. The van der Waals surface area contributed by atoms with Crippen LogP contribution in [0.1, 0.15) is 103 Å². The van der Waals surface area contributed by atoms with Crippen molar-refractivity contribution >= 4 is 0 Å². The van der Waals surface area contributed by atoms with Gasteiger partial charge in [-0.1, -0.05) is 53.4 Å². The molecule has 0 unspecified atom stereocenters. The summed E-state index contributed by atoms with van der Waals surface area (Å²) in [7, 11) is 0. The first-order valence-corrected chi connectivity index (χ1v) is 10.8. The highest BCUT2D eigenvalue weighted by Crippen LogP contribution is 2.49. The molecule has 0 spiro atoms. The highest BCUT2D eigenvalue weighted by atomic mass is 16.3. The van der Waals surface area contributed by atoms with Gasteiger partial charge in [-0.25, -0.2) is 0 Å². The molecule has 0 heterocycles. The summed E-state index contributed by atoms with van der Waals surface area (Å²) in [4.78, 5) is 0. The van der Waals surface area contributed by atoms with Gasteiger partial charge in [-0.15, -0.1) is 0 Å². The topological polar surface area (TPSA) is 40.5 Å². The minimum absolute atomic E-state index is 0.0271. The van der Waals surface area contributed by atoms with Crippen molar-refractivity contribution < 1.29 is 10.2 Å². The fourth-order valence-electron chi connectivity index (χ4n) is 3.73. The number of benzene rings is 1. The summed E-state index contributed by atoms with van der Waals surface area (Å²) in [5.74, 6) is 0.0562. The summed E-state index contributed by atoms with van der Waals surface area (Å²) in [5, 5.41) is 19.8. The number of rotatable bonds is 12. The molecule has 1 saturated carbocycles. The summed E-state index contributed by atoms with van der Waals surface area (Å²) >= 11 is 0. The van der Waals surface area contributed by atoms with E-state index in [1.165, 1.54) is 68.9 Å². The maximum atomic E-state index is 9.90. The monoisotopic (exact) mass is 360 g/mol. The molecule has 1 fully saturated rings.